The molecule has 1 aliphatic carbocycles. The van der Waals surface area contributed by atoms with Gasteiger partial charge in [0, 0.05) is 24.0 Å². The van der Waals surface area contributed by atoms with Gasteiger partial charge in [0.15, 0.2) is 0 Å². The number of nitrogens with one attached hydrogen (secondary N) is 3. The summed E-state index contributed by atoms with van der Waals surface area (Å²) in [4.78, 5) is 26.0. The van der Waals surface area contributed by atoms with E-state index in [1.807, 2.05) is 24.3 Å². The molecule has 158 valence electrons. The molecule has 3 aromatic heterocycles. The fourth-order valence-corrected chi connectivity index (χ4v) is 3.94. The maximum Gasteiger partial charge on any atom is 0.261 e. The average molecular weight is 417 g/mol. The second-order valence-corrected chi connectivity index (χ2v) is 7.66. The zero-order chi connectivity index (χ0) is 21.2. The third-order valence-electron chi connectivity index (χ3n) is 5.51. The van der Waals surface area contributed by atoms with Gasteiger partial charge in [0.05, 0.1) is 23.6 Å². The molecule has 1 aliphatic rings. The van der Waals surface area contributed by atoms with Crippen LogP contribution in [0.15, 0.2) is 53.7 Å². The number of rotatable bonds is 5. The van der Waals surface area contributed by atoms with Crippen LogP contribution in [0.4, 0.5) is 17.5 Å². The molecular weight excluding hydrogens is 394 g/mol. The lowest BCUT2D eigenvalue weighted by molar-refractivity contribution is 0.402. The summed E-state index contributed by atoms with van der Waals surface area (Å²) in [5.74, 6) is 0.872. The molecule has 0 amide bonds. The maximum absolute atomic E-state index is 12.6. The lowest BCUT2D eigenvalue weighted by Crippen LogP contribution is -2.43. The van der Waals surface area contributed by atoms with Crippen molar-refractivity contribution < 1.29 is 0 Å². The van der Waals surface area contributed by atoms with Crippen LogP contribution in [0.5, 0.6) is 0 Å². The first-order valence-electron chi connectivity index (χ1n) is 10.3. The molecule has 5 rings (SSSR count). The predicted octanol–water partition coefficient (Wildman–Crippen LogP) is 2.32. The van der Waals surface area contributed by atoms with Gasteiger partial charge in [-0.1, -0.05) is 18.9 Å². The van der Waals surface area contributed by atoms with Gasteiger partial charge in [-0.05, 0) is 37.1 Å². The Balaban J connectivity index is 1.52. The standard InChI is InChI=1S/C21H23N9O/c22-15-6-1-2-7-16(15)27-21-28-17-8-9-23-20(31)18(17)19(29-21)26-13-4-3-5-14(12-13)30-24-10-11-25-30/h3-5,8-12,15-16H,1-2,6-7,22H2,(H,23,31)(H2,26,27,28,29)/t15-,16+/m0/s1. The number of anilines is 3. The van der Waals surface area contributed by atoms with Gasteiger partial charge in [-0.15, -0.1) is 0 Å². The van der Waals surface area contributed by atoms with E-state index in [1.165, 1.54) is 4.80 Å². The third kappa shape index (κ3) is 3.97. The van der Waals surface area contributed by atoms with Crippen molar-refractivity contribution >= 4 is 28.4 Å². The highest BCUT2D eigenvalue weighted by atomic mass is 16.1. The molecule has 1 fully saturated rings. The molecule has 31 heavy (non-hydrogen) atoms. The summed E-state index contributed by atoms with van der Waals surface area (Å²) in [6.07, 6.45) is 9.03. The van der Waals surface area contributed by atoms with E-state index < -0.39 is 0 Å². The Kier molecular flexibility index (Phi) is 5.04. The van der Waals surface area contributed by atoms with Crippen LogP contribution in [0, 0.1) is 0 Å². The summed E-state index contributed by atoms with van der Waals surface area (Å²) >= 11 is 0. The van der Waals surface area contributed by atoms with Gasteiger partial charge in [0.2, 0.25) is 5.95 Å². The first-order chi connectivity index (χ1) is 15.2. The highest BCUT2D eigenvalue weighted by Crippen LogP contribution is 2.25. The molecule has 0 saturated heterocycles. The summed E-state index contributed by atoms with van der Waals surface area (Å²) < 4.78 is 0. The van der Waals surface area contributed by atoms with E-state index in [0.717, 1.165) is 37.1 Å². The molecule has 5 N–H and O–H groups in total. The lowest BCUT2D eigenvalue weighted by Gasteiger charge is -2.29. The molecule has 4 aromatic rings. The van der Waals surface area contributed by atoms with Crippen molar-refractivity contribution in [3.05, 3.63) is 59.3 Å². The van der Waals surface area contributed by atoms with Crippen LogP contribution < -0.4 is 21.9 Å². The predicted molar refractivity (Wildman–Crippen MR) is 119 cm³/mol. The highest BCUT2D eigenvalue weighted by Gasteiger charge is 2.23. The van der Waals surface area contributed by atoms with E-state index in [4.69, 9.17) is 5.73 Å². The van der Waals surface area contributed by atoms with E-state index in [1.54, 1.807) is 24.7 Å². The minimum absolute atomic E-state index is 0.0573. The number of nitrogens with two attached hydrogens (primary N) is 1. The summed E-state index contributed by atoms with van der Waals surface area (Å²) in [6, 6.07) is 9.48. The van der Waals surface area contributed by atoms with Crippen molar-refractivity contribution in [2.45, 2.75) is 37.8 Å². The number of nitrogens with zero attached hydrogens (tertiary/aromatic N) is 5. The number of fused-ring (bicyclic) bond motifs is 1. The number of benzene rings is 1. The van der Waals surface area contributed by atoms with Crippen molar-refractivity contribution in [1.29, 1.82) is 0 Å². The van der Waals surface area contributed by atoms with Crippen molar-refractivity contribution in [3.8, 4) is 5.69 Å². The molecule has 0 bridgehead atoms. The topological polar surface area (TPSA) is 139 Å². The summed E-state index contributed by atoms with van der Waals surface area (Å²) in [7, 11) is 0. The van der Waals surface area contributed by atoms with Gasteiger partial charge in [-0.3, -0.25) is 4.79 Å². The fourth-order valence-electron chi connectivity index (χ4n) is 3.94. The largest absolute Gasteiger partial charge is 0.350 e. The van der Waals surface area contributed by atoms with Gasteiger partial charge < -0.3 is 21.4 Å². The SMILES string of the molecule is N[C@H]1CCCC[C@H]1Nc1nc(Nc2cccc(-n3nccn3)c2)c2c(=O)[nH]ccc2n1. The molecule has 0 spiro atoms. The van der Waals surface area contributed by atoms with Gasteiger partial charge in [0.25, 0.3) is 5.56 Å². The van der Waals surface area contributed by atoms with Gasteiger partial charge in [-0.2, -0.15) is 20.0 Å². The van der Waals surface area contributed by atoms with E-state index in [9.17, 15) is 4.79 Å². The Morgan fingerprint density at radius 2 is 1.94 bits per heavy atom. The van der Waals surface area contributed by atoms with E-state index >= 15 is 0 Å². The molecule has 10 heteroatoms. The first-order valence-corrected chi connectivity index (χ1v) is 10.3. The van der Waals surface area contributed by atoms with Crippen LogP contribution in [-0.2, 0) is 0 Å². The van der Waals surface area contributed by atoms with Crippen LogP contribution in [-0.4, -0.2) is 42.0 Å². The lowest BCUT2D eigenvalue weighted by atomic mass is 9.91. The van der Waals surface area contributed by atoms with E-state index in [2.05, 4.69) is 35.8 Å². The van der Waals surface area contributed by atoms with Crippen LogP contribution in [0.1, 0.15) is 25.7 Å². The Labute approximate surface area is 177 Å². The van der Waals surface area contributed by atoms with Crippen molar-refractivity contribution in [1.82, 2.24) is 29.9 Å². The summed E-state index contributed by atoms with van der Waals surface area (Å²) in [6.45, 7) is 0. The molecule has 1 saturated carbocycles. The number of aromatic amines is 1. The molecule has 10 nitrogen and oxygen atoms in total. The number of aromatic nitrogens is 6. The number of H-pyrrole nitrogens is 1. The minimum Gasteiger partial charge on any atom is -0.350 e. The normalized spacial score (nSPS) is 18.7. The maximum atomic E-state index is 12.6. The third-order valence-corrected chi connectivity index (χ3v) is 5.51. The Bertz CT molecular complexity index is 1250. The number of hydrogen-bond donors (Lipinski definition) is 4. The highest BCUT2D eigenvalue weighted by molar-refractivity contribution is 5.91. The second kappa shape index (κ2) is 8.15. The smallest absolute Gasteiger partial charge is 0.261 e. The molecule has 3 heterocycles. The van der Waals surface area contributed by atoms with Gasteiger partial charge in [0.1, 0.15) is 11.2 Å². The summed E-state index contributed by atoms with van der Waals surface area (Å²) in [5.41, 5.74) is 8.12. The molecule has 1 aromatic carbocycles. The van der Waals surface area contributed by atoms with Crippen LogP contribution in [0.3, 0.4) is 0 Å². The van der Waals surface area contributed by atoms with Crippen LogP contribution in [0.25, 0.3) is 16.6 Å². The Morgan fingerprint density at radius 3 is 2.77 bits per heavy atom. The Morgan fingerprint density at radius 1 is 1.10 bits per heavy atom. The fraction of sp³-hybridized carbons (Fsp3) is 0.286. The average Bonchev–Trinajstić information content (AvgIpc) is 3.31. The van der Waals surface area contributed by atoms with Gasteiger partial charge in [-0.25, -0.2) is 4.98 Å². The number of pyridine rings is 1. The second-order valence-electron chi connectivity index (χ2n) is 7.66. The van der Waals surface area contributed by atoms with Gasteiger partial charge >= 0.3 is 0 Å². The van der Waals surface area contributed by atoms with Crippen LogP contribution >= 0.6 is 0 Å². The summed E-state index contributed by atoms with van der Waals surface area (Å²) in [5, 5.41) is 15.4. The van der Waals surface area contributed by atoms with E-state index in [-0.39, 0.29) is 17.6 Å². The Hall–Kier alpha value is -3.79. The molecule has 0 radical (unpaired) electrons. The molecule has 2 atom stereocenters. The zero-order valence-corrected chi connectivity index (χ0v) is 16.8. The molecule has 0 unspecified atom stereocenters. The van der Waals surface area contributed by atoms with Crippen molar-refractivity contribution in [3.63, 3.8) is 0 Å². The van der Waals surface area contributed by atoms with Crippen molar-refractivity contribution in [2.75, 3.05) is 10.6 Å². The quantitative estimate of drug-likeness (QED) is 0.388. The number of hydrogen-bond acceptors (Lipinski definition) is 8. The molecular formula is C21H23N9O. The van der Waals surface area contributed by atoms with Crippen molar-refractivity contribution in [2.24, 2.45) is 5.73 Å². The van der Waals surface area contributed by atoms with E-state index in [0.29, 0.717) is 22.7 Å². The monoisotopic (exact) mass is 417 g/mol. The minimum atomic E-state index is -0.259. The first kappa shape index (κ1) is 19.2. The van der Waals surface area contributed by atoms with Crippen LogP contribution in [0.2, 0.25) is 0 Å². The zero-order valence-electron chi connectivity index (χ0n) is 16.8. The molecule has 0 aliphatic heterocycles.